The Hall–Kier alpha value is -2.61. The van der Waals surface area contributed by atoms with E-state index < -0.39 is 15.8 Å². The molecule has 3 aromatic carbocycles. The SMILES string of the molecule is CCN(CC)CCCCN(Cc1ccc2ccccc2c1)S(=O)(=O)c1ccc(O)c(O)c1. The van der Waals surface area contributed by atoms with Crippen LogP contribution in [0, 0.1) is 0 Å². The number of sulfonamides is 1. The van der Waals surface area contributed by atoms with Crippen LogP contribution in [0.3, 0.4) is 0 Å². The van der Waals surface area contributed by atoms with Crippen molar-refractivity contribution in [2.24, 2.45) is 0 Å². The molecule has 32 heavy (non-hydrogen) atoms. The van der Waals surface area contributed by atoms with Crippen LogP contribution in [-0.4, -0.2) is 54.0 Å². The van der Waals surface area contributed by atoms with Crippen LogP contribution < -0.4 is 0 Å². The third-order valence-electron chi connectivity index (χ3n) is 5.78. The molecular formula is C25H32N2O4S. The maximum absolute atomic E-state index is 13.4. The van der Waals surface area contributed by atoms with Crippen molar-refractivity contribution in [1.82, 2.24) is 9.21 Å². The third kappa shape index (κ3) is 5.79. The fraction of sp³-hybridized carbons (Fsp3) is 0.360. The number of unbranched alkanes of at least 4 members (excludes halogenated alkanes) is 1. The van der Waals surface area contributed by atoms with Gasteiger partial charge < -0.3 is 15.1 Å². The normalized spacial score (nSPS) is 12.1. The Labute approximate surface area is 190 Å². The number of aromatic hydroxyl groups is 2. The minimum absolute atomic E-state index is 0.0302. The van der Waals surface area contributed by atoms with Crippen molar-refractivity contribution in [2.75, 3.05) is 26.2 Å². The van der Waals surface area contributed by atoms with Gasteiger partial charge >= 0.3 is 0 Å². The molecular weight excluding hydrogens is 424 g/mol. The van der Waals surface area contributed by atoms with Gasteiger partial charge in [0, 0.05) is 19.2 Å². The minimum atomic E-state index is -3.86. The monoisotopic (exact) mass is 456 g/mol. The number of phenols is 2. The van der Waals surface area contributed by atoms with Gasteiger partial charge in [-0.15, -0.1) is 0 Å². The van der Waals surface area contributed by atoms with Crippen molar-refractivity contribution in [1.29, 1.82) is 0 Å². The van der Waals surface area contributed by atoms with Crippen LogP contribution in [-0.2, 0) is 16.6 Å². The van der Waals surface area contributed by atoms with Crippen molar-refractivity contribution in [3.8, 4) is 11.5 Å². The average molecular weight is 457 g/mol. The number of rotatable bonds is 11. The summed E-state index contributed by atoms with van der Waals surface area (Å²) in [6.07, 6.45) is 1.62. The van der Waals surface area contributed by atoms with Gasteiger partial charge in [0.25, 0.3) is 0 Å². The fourth-order valence-electron chi connectivity index (χ4n) is 3.80. The molecule has 0 aromatic heterocycles. The van der Waals surface area contributed by atoms with Gasteiger partial charge in [-0.2, -0.15) is 4.31 Å². The predicted octanol–water partition coefficient (Wildman–Crippen LogP) is 4.56. The lowest BCUT2D eigenvalue weighted by Gasteiger charge is -2.24. The number of phenolic OH excluding ortho intramolecular Hbond substituents is 2. The van der Waals surface area contributed by atoms with E-state index in [9.17, 15) is 18.6 Å². The summed E-state index contributed by atoms with van der Waals surface area (Å²) in [7, 11) is -3.86. The van der Waals surface area contributed by atoms with E-state index >= 15 is 0 Å². The molecule has 0 amide bonds. The lowest BCUT2D eigenvalue weighted by atomic mass is 10.1. The molecule has 0 saturated heterocycles. The number of fused-ring (bicyclic) bond motifs is 1. The molecule has 172 valence electrons. The van der Waals surface area contributed by atoms with Gasteiger partial charge in [0.2, 0.25) is 10.0 Å². The van der Waals surface area contributed by atoms with Gasteiger partial charge in [0.15, 0.2) is 11.5 Å². The van der Waals surface area contributed by atoms with Gasteiger partial charge in [-0.05, 0) is 67.0 Å². The highest BCUT2D eigenvalue weighted by Crippen LogP contribution is 2.29. The van der Waals surface area contributed by atoms with Crippen molar-refractivity contribution in [2.45, 2.75) is 38.1 Å². The van der Waals surface area contributed by atoms with E-state index in [1.807, 2.05) is 42.5 Å². The van der Waals surface area contributed by atoms with E-state index in [-0.39, 0.29) is 17.2 Å². The zero-order chi connectivity index (χ0) is 23.1. The lowest BCUT2D eigenvalue weighted by molar-refractivity contribution is 0.289. The molecule has 0 spiro atoms. The summed E-state index contributed by atoms with van der Waals surface area (Å²) < 4.78 is 28.3. The molecule has 0 heterocycles. The van der Waals surface area contributed by atoms with Gasteiger partial charge in [-0.3, -0.25) is 0 Å². The van der Waals surface area contributed by atoms with Crippen LogP contribution in [0.4, 0.5) is 0 Å². The molecule has 0 aliphatic heterocycles. The second kappa shape index (κ2) is 10.8. The predicted molar refractivity (Wildman–Crippen MR) is 128 cm³/mol. The summed E-state index contributed by atoms with van der Waals surface area (Å²) in [5.74, 6) is -0.789. The van der Waals surface area contributed by atoms with E-state index in [1.54, 1.807) is 0 Å². The Morgan fingerprint density at radius 2 is 1.47 bits per heavy atom. The molecule has 6 nitrogen and oxygen atoms in total. The largest absolute Gasteiger partial charge is 0.504 e. The molecule has 0 aliphatic rings. The molecule has 0 radical (unpaired) electrons. The van der Waals surface area contributed by atoms with Crippen molar-refractivity contribution in [3.63, 3.8) is 0 Å². The molecule has 0 unspecified atom stereocenters. The van der Waals surface area contributed by atoms with Crippen LogP contribution in [0.2, 0.25) is 0 Å². The molecule has 0 saturated carbocycles. The molecule has 7 heteroatoms. The van der Waals surface area contributed by atoms with Crippen LogP contribution >= 0.6 is 0 Å². The number of nitrogens with zero attached hydrogens (tertiary/aromatic N) is 2. The first-order valence-corrected chi connectivity index (χ1v) is 12.5. The number of hydrogen-bond donors (Lipinski definition) is 2. The molecule has 0 bridgehead atoms. The zero-order valence-corrected chi connectivity index (χ0v) is 19.6. The van der Waals surface area contributed by atoms with Crippen LogP contribution in [0.1, 0.15) is 32.3 Å². The lowest BCUT2D eigenvalue weighted by Crippen LogP contribution is -2.32. The summed E-state index contributed by atoms with van der Waals surface area (Å²) in [5.41, 5.74) is 0.902. The Morgan fingerprint density at radius 3 is 2.16 bits per heavy atom. The summed E-state index contributed by atoms with van der Waals surface area (Å²) in [6.45, 7) is 7.73. The highest BCUT2D eigenvalue weighted by atomic mass is 32.2. The molecule has 2 N–H and O–H groups in total. The standard InChI is InChI=1S/C25H32N2O4S/c1-3-26(4-2)15-7-8-16-27(32(30,31)23-13-14-24(28)25(29)18-23)19-20-11-12-21-9-5-6-10-22(21)17-20/h5-6,9-14,17-18,28-29H,3-4,7-8,15-16,19H2,1-2H3. The Balaban J connectivity index is 1.84. The fourth-order valence-corrected chi connectivity index (χ4v) is 5.29. The minimum Gasteiger partial charge on any atom is -0.504 e. The molecule has 3 aromatic rings. The van der Waals surface area contributed by atoms with E-state index in [0.717, 1.165) is 54.9 Å². The maximum Gasteiger partial charge on any atom is 0.243 e. The second-order valence-corrected chi connectivity index (χ2v) is 9.84. The smallest absolute Gasteiger partial charge is 0.243 e. The molecule has 3 rings (SSSR count). The highest BCUT2D eigenvalue weighted by molar-refractivity contribution is 7.89. The van der Waals surface area contributed by atoms with Gasteiger partial charge in [-0.1, -0.05) is 50.2 Å². The molecule has 0 fully saturated rings. The number of benzene rings is 3. The summed E-state index contributed by atoms with van der Waals surface area (Å²) in [4.78, 5) is 2.29. The summed E-state index contributed by atoms with van der Waals surface area (Å²) in [5, 5.41) is 21.6. The number of hydrogen-bond acceptors (Lipinski definition) is 5. The summed E-state index contributed by atoms with van der Waals surface area (Å²) in [6, 6.07) is 17.6. The van der Waals surface area contributed by atoms with Crippen LogP contribution in [0.25, 0.3) is 10.8 Å². The van der Waals surface area contributed by atoms with Crippen molar-refractivity contribution in [3.05, 3.63) is 66.2 Å². The van der Waals surface area contributed by atoms with E-state index in [2.05, 4.69) is 18.7 Å². The van der Waals surface area contributed by atoms with Gasteiger partial charge in [-0.25, -0.2) is 8.42 Å². The quantitative estimate of drug-likeness (QED) is 0.326. The van der Waals surface area contributed by atoms with E-state index in [4.69, 9.17) is 0 Å². The van der Waals surface area contributed by atoms with E-state index in [0.29, 0.717) is 6.54 Å². The Kier molecular flexibility index (Phi) is 8.12. The summed E-state index contributed by atoms with van der Waals surface area (Å²) >= 11 is 0. The van der Waals surface area contributed by atoms with Crippen LogP contribution in [0.5, 0.6) is 11.5 Å². The van der Waals surface area contributed by atoms with E-state index in [1.165, 1.54) is 16.4 Å². The zero-order valence-electron chi connectivity index (χ0n) is 18.7. The first kappa shape index (κ1) is 24.0. The first-order chi connectivity index (χ1) is 15.3. The van der Waals surface area contributed by atoms with Crippen molar-refractivity contribution < 1.29 is 18.6 Å². The Bertz CT molecular complexity index is 1140. The van der Waals surface area contributed by atoms with Gasteiger partial charge in [0.05, 0.1) is 4.90 Å². The maximum atomic E-state index is 13.4. The average Bonchev–Trinajstić information content (AvgIpc) is 2.80. The molecule has 0 atom stereocenters. The van der Waals surface area contributed by atoms with Crippen molar-refractivity contribution >= 4 is 20.8 Å². The second-order valence-electron chi connectivity index (χ2n) is 7.90. The van der Waals surface area contributed by atoms with Crippen LogP contribution in [0.15, 0.2) is 65.6 Å². The van der Waals surface area contributed by atoms with Gasteiger partial charge in [0.1, 0.15) is 0 Å². The first-order valence-electron chi connectivity index (χ1n) is 11.1. The molecule has 0 aliphatic carbocycles. The Morgan fingerprint density at radius 1 is 0.781 bits per heavy atom. The topological polar surface area (TPSA) is 81.1 Å². The third-order valence-corrected chi connectivity index (χ3v) is 7.62. The highest BCUT2D eigenvalue weighted by Gasteiger charge is 2.25.